The lowest BCUT2D eigenvalue weighted by atomic mass is 10.2. The van der Waals surface area contributed by atoms with Gasteiger partial charge in [-0.1, -0.05) is 24.3 Å². The molecule has 0 fully saturated rings. The smallest absolute Gasteiger partial charge is 0.264 e. The van der Waals surface area contributed by atoms with Crippen molar-refractivity contribution in [3.63, 3.8) is 0 Å². The first-order valence-corrected chi connectivity index (χ1v) is 9.15. The number of halogens is 1. The molecule has 25 heavy (non-hydrogen) atoms. The van der Waals surface area contributed by atoms with Crippen molar-refractivity contribution in [3.05, 3.63) is 90.0 Å². The number of rotatable bonds is 5. The second kappa shape index (κ2) is 7.03. The molecule has 0 saturated heterocycles. The van der Waals surface area contributed by atoms with Gasteiger partial charge in [0.1, 0.15) is 5.82 Å². The zero-order valence-electron chi connectivity index (χ0n) is 13.6. The van der Waals surface area contributed by atoms with Crippen LogP contribution in [0.1, 0.15) is 11.1 Å². The Morgan fingerprint density at radius 1 is 1.04 bits per heavy atom. The summed E-state index contributed by atoms with van der Waals surface area (Å²) < 4.78 is 41.2. The molecular weight excluding hydrogens is 339 g/mol. The van der Waals surface area contributed by atoms with Crippen LogP contribution < -0.4 is 4.31 Å². The number of aromatic nitrogens is 1. The van der Waals surface area contributed by atoms with E-state index in [-0.39, 0.29) is 17.0 Å². The van der Waals surface area contributed by atoms with Crippen LogP contribution in [0.2, 0.25) is 0 Å². The summed E-state index contributed by atoms with van der Waals surface area (Å²) in [5, 5.41) is 0. The predicted molar refractivity (Wildman–Crippen MR) is 95.2 cm³/mol. The first-order valence-electron chi connectivity index (χ1n) is 7.71. The van der Waals surface area contributed by atoms with Gasteiger partial charge < -0.3 is 0 Å². The lowest BCUT2D eigenvalue weighted by Gasteiger charge is -2.24. The number of sulfonamides is 1. The van der Waals surface area contributed by atoms with Crippen LogP contribution in [0, 0.1) is 12.7 Å². The van der Waals surface area contributed by atoms with Crippen LogP contribution in [0.3, 0.4) is 0 Å². The van der Waals surface area contributed by atoms with Crippen molar-refractivity contribution in [2.45, 2.75) is 18.4 Å². The largest absolute Gasteiger partial charge is 0.264 e. The van der Waals surface area contributed by atoms with Crippen LogP contribution in [-0.4, -0.2) is 13.4 Å². The monoisotopic (exact) mass is 356 g/mol. The summed E-state index contributed by atoms with van der Waals surface area (Å²) >= 11 is 0. The van der Waals surface area contributed by atoms with E-state index >= 15 is 0 Å². The molecule has 0 saturated carbocycles. The fourth-order valence-electron chi connectivity index (χ4n) is 2.47. The first kappa shape index (κ1) is 17.1. The predicted octanol–water partition coefficient (Wildman–Crippen LogP) is 3.92. The molecule has 0 aliphatic heterocycles. The number of benzene rings is 2. The molecule has 6 heteroatoms. The number of nitrogens with zero attached hydrogens (tertiary/aromatic N) is 2. The van der Waals surface area contributed by atoms with Gasteiger partial charge in [-0.25, -0.2) is 12.8 Å². The van der Waals surface area contributed by atoms with Crippen molar-refractivity contribution in [1.29, 1.82) is 0 Å². The normalized spacial score (nSPS) is 11.3. The molecule has 1 heterocycles. The number of aryl methyl sites for hydroxylation is 1. The Labute approximate surface area is 146 Å². The Morgan fingerprint density at radius 2 is 1.80 bits per heavy atom. The van der Waals surface area contributed by atoms with Gasteiger partial charge in [-0.2, -0.15) is 0 Å². The maximum absolute atomic E-state index is 13.5. The van der Waals surface area contributed by atoms with E-state index in [1.165, 1.54) is 22.5 Å². The zero-order chi connectivity index (χ0) is 17.9. The summed E-state index contributed by atoms with van der Waals surface area (Å²) in [7, 11) is -3.85. The summed E-state index contributed by atoms with van der Waals surface area (Å²) in [6, 6.07) is 16.2. The molecule has 0 atom stereocenters. The average molecular weight is 356 g/mol. The SMILES string of the molecule is Cc1cc(S(=O)(=O)N(Cc2cccnc2)c2ccccc2)ccc1F. The quantitative estimate of drug-likeness (QED) is 0.696. The van der Waals surface area contributed by atoms with E-state index in [1.54, 1.807) is 49.6 Å². The molecule has 0 amide bonds. The van der Waals surface area contributed by atoms with Crippen molar-refractivity contribution in [2.75, 3.05) is 4.31 Å². The summed E-state index contributed by atoms with van der Waals surface area (Å²) in [6.45, 7) is 1.68. The molecule has 0 N–H and O–H groups in total. The van der Waals surface area contributed by atoms with Crippen LogP contribution >= 0.6 is 0 Å². The van der Waals surface area contributed by atoms with Crippen LogP contribution in [-0.2, 0) is 16.6 Å². The molecule has 3 aromatic rings. The first-order chi connectivity index (χ1) is 12.0. The number of hydrogen-bond acceptors (Lipinski definition) is 3. The number of anilines is 1. The van der Waals surface area contributed by atoms with Crippen molar-refractivity contribution in [1.82, 2.24) is 4.98 Å². The third-order valence-corrected chi connectivity index (χ3v) is 5.58. The number of pyridine rings is 1. The van der Waals surface area contributed by atoms with Gasteiger partial charge in [0.15, 0.2) is 0 Å². The fraction of sp³-hybridized carbons (Fsp3) is 0.105. The van der Waals surface area contributed by atoms with Gasteiger partial charge in [-0.3, -0.25) is 9.29 Å². The summed E-state index contributed by atoms with van der Waals surface area (Å²) in [4.78, 5) is 4.10. The molecular formula is C19H17FN2O2S. The second-order valence-electron chi connectivity index (χ2n) is 5.62. The van der Waals surface area contributed by atoms with Gasteiger partial charge in [0.05, 0.1) is 17.1 Å². The van der Waals surface area contributed by atoms with Crippen LogP contribution in [0.4, 0.5) is 10.1 Å². The highest BCUT2D eigenvalue weighted by Gasteiger charge is 2.25. The molecule has 0 spiro atoms. The van der Waals surface area contributed by atoms with Gasteiger partial charge in [-0.05, 0) is 54.4 Å². The van der Waals surface area contributed by atoms with Gasteiger partial charge in [0, 0.05) is 12.4 Å². The van der Waals surface area contributed by atoms with E-state index in [0.717, 1.165) is 5.56 Å². The molecule has 4 nitrogen and oxygen atoms in total. The highest BCUT2D eigenvalue weighted by Crippen LogP contribution is 2.26. The molecule has 0 unspecified atom stereocenters. The van der Waals surface area contributed by atoms with Crippen LogP contribution in [0.5, 0.6) is 0 Å². The third-order valence-electron chi connectivity index (χ3n) is 3.81. The Bertz CT molecular complexity index is 961. The summed E-state index contributed by atoms with van der Waals surface area (Å²) in [6.07, 6.45) is 3.26. The maximum Gasteiger partial charge on any atom is 0.264 e. The fourth-order valence-corrected chi connectivity index (χ4v) is 4.01. The second-order valence-corrected chi connectivity index (χ2v) is 7.48. The standard InChI is InChI=1S/C19H17FN2O2S/c1-15-12-18(9-10-19(15)20)25(23,24)22(17-7-3-2-4-8-17)14-16-6-5-11-21-13-16/h2-13H,14H2,1H3. The molecule has 0 bridgehead atoms. The highest BCUT2D eigenvalue weighted by molar-refractivity contribution is 7.92. The van der Waals surface area contributed by atoms with Crippen molar-refractivity contribution >= 4 is 15.7 Å². The molecule has 2 aromatic carbocycles. The minimum Gasteiger partial charge on any atom is -0.264 e. The molecule has 1 aromatic heterocycles. The molecule has 0 aliphatic carbocycles. The summed E-state index contributed by atoms with van der Waals surface area (Å²) in [5.74, 6) is -0.433. The Kier molecular flexibility index (Phi) is 4.81. The van der Waals surface area contributed by atoms with E-state index in [2.05, 4.69) is 4.98 Å². The molecule has 128 valence electrons. The minimum absolute atomic E-state index is 0.0548. The van der Waals surface area contributed by atoms with Gasteiger partial charge in [0.25, 0.3) is 10.0 Å². The Morgan fingerprint density at radius 3 is 2.44 bits per heavy atom. The van der Waals surface area contributed by atoms with Crippen LogP contribution in [0.15, 0.2) is 78.0 Å². The molecule has 3 rings (SSSR count). The maximum atomic E-state index is 13.5. The van der Waals surface area contributed by atoms with E-state index in [0.29, 0.717) is 5.69 Å². The van der Waals surface area contributed by atoms with E-state index in [1.807, 2.05) is 12.1 Å². The molecule has 0 aliphatic rings. The van der Waals surface area contributed by atoms with Crippen molar-refractivity contribution in [2.24, 2.45) is 0 Å². The Hall–Kier alpha value is -2.73. The van der Waals surface area contributed by atoms with Crippen molar-refractivity contribution < 1.29 is 12.8 Å². The van der Waals surface area contributed by atoms with Crippen molar-refractivity contribution in [3.8, 4) is 0 Å². The van der Waals surface area contributed by atoms with E-state index in [4.69, 9.17) is 0 Å². The summed E-state index contributed by atoms with van der Waals surface area (Å²) in [5.41, 5.74) is 1.58. The zero-order valence-corrected chi connectivity index (χ0v) is 14.4. The van der Waals surface area contributed by atoms with Crippen LogP contribution in [0.25, 0.3) is 0 Å². The Balaban J connectivity index is 2.08. The highest BCUT2D eigenvalue weighted by atomic mass is 32.2. The van der Waals surface area contributed by atoms with E-state index in [9.17, 15) is 12.8 Å². The number of para-hydroxylation sites is 1. The lowest BCUT2D eigenvalue weighted by molar-refractivity contribution is 0.588. The minimum atomic E-state index is -3.85. The van der Waals surface area contributed by atoms with Gasteiger partial charge in [-0.15, -0.1) is 0 Å². The number of hydrogen-bond donors (Lipinski definition) is 0. The molecule has 0 radical (unpaired) electrons. The van der Waals surface area contributed by atoms with E-state index < -0.39 is 15.8 Å². The lowest BCUT2D eigenvalue weighted by Crippen LogP contribution is -2.30. The third kappa shape index (κ3) is 3.69. The van der Waals surface area contributed by atoms with Gasteiger partial charge in [0.2, 0.25) is 0 Å². The van der Waals surface area contributed by atoms with Gasteiger partial charge >= 0.3 is 0 Å². The topological polar surface area (TPSA) is 50.3 Å². The average Bonchev–Trinajstić information content (AvgIpc) is 2.63.